The molecule has 2 rings (SSSR count). The molecule has 0 radical (unpaired) electrons. The van der Waals surface area contributed by atoms with Gasteiger partial charge in [0.05, 0.1) is 6.42 Å². The first-order chi connectivity index (χ1) is 15.4. The molecule has 8 nitrogen and oxygen atoms in total. The number of carboxylic acids is 1. The van der Waals surface area contributed by atoms with Crippen LogP contribution in [0.5, 0.6) is 0 Å². The average molecular weight is 443 g/mol. The molecule has 0 unspecified atom stereocenters. The van der Waals surface area contributed by atoms with E-state index in [1.54, 1.807) is 12.4 Å². The van der Waals surface area contributed by atoms with Crippen molar-refractivity contribution >= 4 is 17.8 Å². The number of aromatic nitrogens is 1. The number of nitrogens with zero attached hydrogens (tertiary/aromatic N) is 1. The van der Waals surface area contributed by atoms with Gasteiger partial charge < -0.3 is 21.1 Å². The van der Waals surface area contributed by atoms with Gasteiger partial charge in [-0.2, -0.15) is 0 Å². The Balaban J connectivity index is 0.000000730. The van der Waals surface area contributed by atoms with E-state index in [1.165, 1.54) is 11.3 Å². The Bertz CT molecular complexity index is 777. The van der Waals surface area contributed by atoms with Crippen molar-refractivity contribution in [2.45, 2.75) is 45.4 Å². The molecule has 174 valence electrons. The zero-order valence-corrected chi connectivity index (χ0v) is 18.7. The first-order valence-electron chi connectivity index (χ1n) is 10.8. The number of carbonyl (C=O) groups excluding carboxylic acids is 2. The third-order valence-electron chi connectivity index (χ3n) is 4.56. The van der Waals surface area contributed by atoms with Gasteiger partial charge in [0.1, 0.15) is 6.42 Å². The molecule has 8 heteroatoms. The van der Waals surface area contributed by atoms with Crippen LogP contribution >= 0.6 is 0 Å². The van der Waals surface area contributed by atoms with Gasteiger partial charge >= 0.3 is 5.97 Å². The number of aliphatic carboxylic acids is 1. The third kappa shape index (κ3) is 13.7. The smallest absolute Gasteiger partial charge is 0.305 e. The van der Waals surface area contributed by atoms with E-state index in [2.05, 4.69) is 40.5 Å². The van der Waals surface area contributed by atoms with Crippen molar-refractivity contribution in [3.05, 3.63) is 66.2 Å². The number of nitrogens with one attached hydrogen (secondary N) is 3. The van der Waals surface area contributed by atoms with Crippen LogP contribution in [0.25, 0.3) is 0 Å². The second-order valence-electron chi connectivity index (χ2n) is 7.32. The molecule has 0 aliphatic carbocycles. The molecule has 0 saturated heterocycles. The minimum absolute atomic E-state index is 0.0268. The summed E-state index contributed by atoms with van der Waals surface area (Å²) in [7, 11) is 0. The fourth-order valence-electron chi connectivity index (χ4n) is 2.80. The number of rotatable bonds is 11. The van der Waals surface area contributed by atoms with Crippen molar-refractivity contribution in [2.75, 3.05) is 19.6 Å². The summed E-state index contributed by atoms with van der Waals surface area (Å²) >= 11 is 0. The normalized spacial score (nSPS) is 12.9. The van der Waals surface area contributed by atoms with E-state index in [0.717, 1.165) is 37.8 Å². The van der Waals surface area contributed by atoms with Gasteiger partial charge in [-0.05, 0) is 50.3 Å². The number of hydrogen-bond acceptors (Lipinski definition) is 5. The van der Waals surface area contributed by atoms with Gasteiger partial charge in [0, 0.05) is 37.7 Å². The molecule has 2 heterocycles. The fraction of sp³-hybridized carbons (Fsp3) is 0.417. The van der Waals surface area contributed by atoms with Gasteiger partial charge in [-0.25, -0.2) is 0 Å². The molecular weight excluding hydrogens is 408 g/mol. The molecule has 1 aliphatic heterocycles. The van der Waals surface area contributed by atoms with Gasteiger partial charge in [-0.15, -0.1) is 0 Å². The highest BCUT2D eigenvalue weighted by Gasteiger charge is 2.09. The fourth-order valence-corrected chi connectivity index (χ4v) is 2.80. The zero-order chi connectivity index (χ0) is 23.6. The van der Waals surface area contributed by atoms with Crippen LogP contribution < -0.4 is 16.0 Å². The van der Waals surface area contributed by atoms with Crippen molar-refractivity contribution in [1.29, 1.82) is 0 Å². The van der Waals surface area contributed by atoms with Crippen LogP contribution in [-0.4, -0.2) is 47.5 Å². The van der Waals surface area contributed by atoms with Crippen LogP contribution in [0.15, 0.2) is 66.2 Å². The molecule has 2 amide bonds. The van der Waals surface area contributed by atoms with Crippen LogP contribution in [0.1, 0.15) is 45.4 Å². The van der Waals surface area contributed by atoms with Crippen LogP contribution in [0, 0.1) is 0 Å². The highest BCUT2D eigenvalue weighted by Crippen LogP contribution is 2.16. The minimum atomic E-state index is -0.991. The van der Waals surface area contributed by atoms with Crippen molar-refractivity contribution in [1.82, 2.24) is 20.9 Å². The van der Waals surface area contributed by atoms with E-state index >= 15 is 0 Å². The highest BCUT2D eigenvalue weighted by molar-refractivity contribution is 5.96. The lowest BCUT2D eigenvalue weighted by Crippen LogP contribution is -2.33. The van der Waals surface area contributed by atoms with Crippen LogP contribution in [-0.2, 0) is 14.4 Å². The predicted octanol–water partition coefficient (Wildman–Crippen LogP) is 2.72. The van der Waals surface area contributed by atoms with Crippen LogP contribution in [0.2, 0.25) is 0 Å². The van der Waals surface area contributed by atoms with Crippen molar-refractivity contribution in [2.24, 2.45) is 0 Å². The Labute approximate surface area is 189 Å². The standard InChI is InChI=1S/C19H29N3O4.C5H5N/c1-14(7-8-16-6-4-10-20-15(16)2)5-3-11-21-17(23)13-18(24)22-12-9-19(25)26;1-2-4-6-5-3-1/h7-8,20H,1,3-6,9-13H2,2H3,(H,21,23)(H,22,24)(H,25,26);1-5H/b8-7-;. The Morgan fingerprint density at radius 1 is 1.12 bits per heavy atom. The van der Waals surface area contributed by atoms with E-state index in [0.29, 0.717) is 6.54 Å². The van der Waals surface area contributed by atoms with Crippen LogP contribution in [0.3, 0.4) is 0 Å². The van der Waals surface area contributed by atoms with Crippen LogP contribution in [0.4, 0.5) is 0 Å². The Kier molecular flexibility index (Phi) is 13.6. The zero-order valence-electron chi connectivity index (χ0n) is 18.7. The summed E-state index contributed by atoms with van der Waals surface area (Å²) in [6, 6.07) is 5.72. The van der Waals surface area contributed by atoms with E-state index in [-0.39, 0.29) is 25.3 Å². The van der Waals surface area contributed by atoms with Crippen molar-refractivity contribution in [3.63, 3.8) is 0 Å². The highest BCUT2D eigenvalue weighted by atomic mass is 16.4. The molecule has 0 atom stereocenters. The topological polar surface area (TPSA) is 120 Å². The van der Waals surface area contributed by atoms with E-state index < -0.39 is 11.9 Å². The quantitative estimate of drug-likeness (QED) is 0.238. The number of carboxylic acid groups (broad SMARTS) is 1. The maximum absolute atomic E-state index is 11.6. The molecule has 0 spiro atoms. The van der Waals surface area contributed by atoms with Gasteiger partial charge in [0.25, 0.3) is 0 Å². The molecule has 4 N–H and O–H groups in total. The Morgan fingerprint density at radius 2 is 1.81 bits per heavy atom. The summed E-state index contributed by atoms with van der Waals surface area (Å²) < 4.78 is 0. The second-order valence-corrected chi connectivity index (χ2v) is 7.32. The molecule has 1 aromatic heterocycles. The first kappa shape index (κ1) is 26.6. The molecule has 1 aliphatic rings. The largest absolute Gasteiger partial charge is 0.481 e. The third-order valence-corrected chi connectivity index (χ3v) is 4.56. The maximum atomic E-state index is 11.6. The molecule has 1 aromatic rings. The molecule has 32 heavy (non-hydrogen) atoms. The second kappa shape index (κ2) is 16.3. The summed E-state index contributed by atoms with van der Waals surface area (Å²) in [5.41, 5.74) is 3.52. The molecule has 0 saturated carbocycles. The lowest BCUT2D eigenvalue weighted by atomic mass is 10.0. The average Bonchev–Trinajstić information content (AvgIpc) is 2.77. The van der Waals surface area contributed by atoms with Gasteiger partial charge in [0.2, 0.25) is 11.8 Å². The van der Waals surface area contributed by atoms with E-state index in [1.807, 2.05) is 24.3 Å². The molecule has 0 bridgehead atoms. The van der Waals surface area contributed by atoms with Gasteiger partial charge in [-0.1, -0.05) is 30.4 Å². The number of pyridine rings is 1. The first-order valence-corrected chi connectivity index (χ1v) is 10.8. The van der Waals surface area contributed by atoms with E-state index in [9.17, 15) is 14.4 Å². The van der Waals surface area contributed by atoms with Crippen molar-refractivity contribution < 1.29 is 19.5 Å². The predicted molar refractivity (Wildman–Crippen MR) is 125 cm³/mol. The lowest BCUT2D eigenvalue weighted by Gasteiger charge is -2.17. The molecular formula is C24H34N4O4. The lowest BCUT2D eigenvalue weighted by molar-refractivity contribution is -0.136. The molecule has 0 aromatic carbocycles. The number of carbonyl (C=O) groups is 3. The number of allylic oxidation sites excluding steroid dienone is 5. The Morgan fingerprint density at radius 3 is 2.38 bits per heavy atom. The van der Waals surface area contributed by atoms with Gasteiger partial charge in [-0.3, -0.25) is 19.4 Å². The Hall–Kier alpha value is -3.42. The summed E-state index contributed by atoms with van der Waals surface area (Å²) in [6.45, 7) is 7.63. The maximum Gasteiger partial charge on any atom is 0.305 e. The van der Waals surface area contributed by atoms with Crippen molar-refractivity contribution in [3.8, 4) is 0 Å². The molecule has 0 fully saturated rings. The summed E-state index contributed by atoms with van der Waals surface area (Å²) in [4.78, 5) is 37.2. The monoisotopic (exact) mass is 442 g/mol. The minimum Gasteiger partial charge on any atom is -0.481 e. The SMILES string of the molecule is C=C(/C=C\C1=C(C)NCCC1)CCCNC(=O)CC(=O)NCCC(=O)O.c1ccncc1. The summed E-state index contributed by atoms with van der Waals surface area (Å²) in [5.74, 6) is -1.83. The number of amides is 2. The number of hydrogen-bond donors (Lipinski definition) is 4. The summed E-state index contributed by atoms with van der Waals surface area (Å²) in [6.07, 6.45) is 10.9. The summed E-state index contributed by atoms with van der Waals surface area (Å²) in [5, 5.41) is 16.9. The van der Waals surface area contributed by atoms with E-state index in [4.69, 9.17) is 5.11 Å². The van der Waals surface area contributed by atoms with Gasteiger partial charge in [0.15, 0.2) is 0 Å².